The van der Waals surface area contributed by atoms with Crippen molar-refractivity contribution in [3.8, 4) is 22.7 Å². The Hall–Kier alpha value is -3.91. The summed E-state index contributed by atoms with van der Waals surface area (Å²) in [7, 11) is 1.62. The van der Waals surface area contributed by atoms with Gasteiger partial charge < -0.3 is 14.5 Å². The highest BCUT2D eigenvalue weighted by molar-refractivity contribution is 7.13. The number of rotatable bonds is 5. The van der Waals surface area contributed by atoms with Crippen molar-refractivity contribution in [2.75, 3.05) is 33.3 Å². The van der Waals surface area contributed by atoms with Crippen LogP contribution in [0.25, 0.3) is 16.9 Å². The lowest BCUT2D eigenvalue weighted by molar-refractivity contribution is 0.0538. The molecule has 0 unspecified atom stereocenters. The first-order chi connectivity index (χ1) is 17.0. The van der Waals surface area contributed by atoms with Crippen molar-refractivity contribution in [2.45, 2.75) is 6.92 Å². The zero-order valence-corrected chi connectivity index (χ0v) is 20.5. The third-order valence-electron chi connectivity index (χ3n) is 6.13. The molecule has 3 heterocycles. The summed E-state index contributed by atoms with van der Waals surface area (Å²) in [5, 5.41) is 4.77. The zero-order chi connectivity index (χ0) is 24.4. The van der Waals surface area contributed by atoms with Crippen LogP contribution in [0, 0.1) is 6.92 Å². The molecule has 2 aromatic carbocycles. The van der Waals surface area contributed by atoms with E-state index in [0.29, 0.717) is 37.4 Å². The number of hydrogen-bond acceptors (Lipinski definition) is 5. The van der Waals surface area contributed by atoms with Crippen molar-refractivity contribution < 1.29 is 14.3 Å². The molecular formula is C27H26N4O3S. The number of carbonyl (C=O) groups excluding carboxylic acids is 2. The largest absolute Gasteiger partial charge is 0.497 e. The number of para-hydroxylation sites is 1. The smallest absolute Gasteiger partial charge is 0.264 e. The summed E-state index contributed by atoms with van der Waals surface area (Å²) in [5.41, 5.74) is 2.87. The monoisotopic (exact) mass is 486 g/mol. The van der Waals surface area contributed by atoms with Crippen LogP contribution in [-0.2, 0) is 0 Å². The fraction of sp³-hybridized carbons (Fsp3) is 0.222. The van der Waals surface area contributed by atoms with Gasteiger partial charge in [0, 0.05) is 42.8 Å². The summed E-state index contributed by atoms with van der Waals surface area (Å²) < 4.78 is 7.02. The number of amides is 2. The van der Waals surface area contributed by atoms with Crippen LogP contribution >= 0.6 is 11.3 Å². The van der Waals surface area contributed by atoms with Crippen LogP contribution in [0.4, 0.5) is 0 Å². The summed E-state index contributed by atoms with van der Waals surface area (Å²) in [6, 6.07) is 21.1. The third kappa shape index (κ3) is 4.70. The van der Waals surface area contributed by atoms with Crippen LogP contribution in [0.15, 0.2) is 72.9 Å². The Balaban J connectivity index is 1.39. The van der Waals surface area contributed by atoms with E-state index < -0.39 is 0 Å². The Bertz CT molecular complexity index is 1340. The second-order valence-electron chi connectivity index (χ2n) is 8.39. The third-order valence-corrected chi connectivity index (χ3v) is 7.12. The van der Waals surface area contributed by atoms with Crippen molar-refractivity contribution >= 4 is 23.2 Å². The van der Waals surface area contributed by atoms with Gasteiger partial charge in [0.05, 0.1) is 23.2 Å². The number of hydrogen-bond donors (Lipinski definition) is 0. The highest BCUT2D eigenvalue weighted by Crippen LogP contribution is 2.27. The normalized spacial score (nSPS) is 13.7. The van der Waals surface area contributed by atoms with E-state index in [-0.39, 0.29) is 11.8 Å². The van der Waals surface area contributed by atoms with Gasteiger partial charge in [0.2, 0.25) is 0 Å². The standard InChI is InChI=1S/C27H26N4O3S/c1-19-8-13-24(35-19)27(33)30-16-14-29(15-17-30)26(32)23-18-31(21-6-4-3-5-7-21)28-25(23)20-9-11-22(34-2)12-10-20/h3-13,18H,14-17H2,1-2H3. The Kier molecular flexibility index (Phi) is 6.37. The minimum Gasteiger partial charge on any atom is -0.497 e. The van der Waals surface area contributed by atoms with Crippen LogP contribution in [0.2, 0.25) is 0 Å². The van der Waals surface area contributed by atoms with Gasteiger partial charge in [-0.05, 0) is 55.5 Å². The summed E-state index contributed by atoms with van der Waals surface area (Å²) in [5.74, 6) is 0.689. The lowest BCUT2D eigenvalue weighted by Gasteiger charge is -2.34. The van der Waals surface area contributed by atoms with Crippen LogP contribution in [0.1, 0.15) is 24.9 Å². The lowest BCUT2D eigenvalue weighted by Crippen LogP contribution is -2.50. The summed E-state index contributed by atoms with van der Waals surface area (Å²) in [6.07, 6.45) is 1.79. The molecule has 0 N–H and O–H groups in total. The zero-order valence-electron chi connectivity index (χ0n) is 19.7. The molecule has 0 atom stereocenters. The molecule has 1 fully saturated rings. The van der Waals surface area contributed by atoms with Gasteiger partial charge >= 0.3 is 0 Å². The van der Waals surface area contributed by atoms with E-state index in [1.54, 1.807) is 18.0 Å². The van der Waals surface area contributed by atoms with Gasteiger partial charge in [-0.25, -0.2) is 4.68 Å². The molecule has 4 aromatic rings. The molecule has 0 aliphatic carbocycles. The number of thiophene rings is 1. The Morgan fingerprint density at radius 1 is 0.857 bits per heavy atom. The Morgan fingerprint density at radius 3 is 2.11 bits per heavy atom. The number of ether oxygens (including phenoxy) is 1. The highest BCUT2D eigenvalue weighted by atomic mass is 32.1. The van der Waals surface area contributed by atoms with Crippen molar-refractivity contribution in [2.24, 2.45) is 0 Å². The maximum Gasteiger partial charge on any atom is 0.264 e. The molecule has 178 valence electrons. The van der Waals surface area contributed by atoms with Crippen molar-refractivity contribution in [1.29, 1.82) is 0 Å². The van der Waals surface area contributed by atoms with Crippen LogP contribution in [0.3, 0.4) is 0 Å². The SMILES string of the molecule is COc1ccc(-c2nn(-c3ccccc3)cc2C(=O)N2CCN(C(=O)c3ccc(C)s3)CC2)cc1. The summed E-state index contributed by atoms with van der Waals surface area (Å²) in [6.45, 7) is 3.97. The lowest BCUT2D eigenvalue weighted by atomic mass is 10.1. The van der Waals surface area contributed by atoms with Gasteiger partial charge in [-0.1, -0.05) is 18.2 Å². The minimum absolute atomic E-state index is 0.0334. The van der Waals surface area contributed by atoms with Gasteiger partial charge in [-0.3, -0.25) is 9.59 Å². The van der Waals surface area contributed by atoms with Crippen molar-refractivity contribution in [3.05, 3.63) is 88.2 Å². The predicted molar refractivity (Wildman–Crippen MR) is 136 cm³/mol. The van der Waals surface area contributed by atoms with Gasteiger partial charge in [0.25, 0.3) is 11.8 Å². The fourth-order valence-electron chi connectivity index (χ4n) is 4.19. The molecule has 8 heteroatoms. The van der Waals surface area contributed by atoms with Crippen molar-refractivity contribution in [3.63, 3.8) is 0 Å². The van der Waals surface area contributed by atoms with Gasteiger partial charge in [0.15, 0.2) is 0 Å². The molecule has 2 aromatic heterocycles. The molecule has 1 aliphatic rings. The number of methoxy groups -OCH3 is 1. The van der Waals surface area contributed by atoms with Crippen LogP contribution < -0.4 is 4.74 Å². The number of aromatic nitrogens is 2. The summed E-state index contributed by atoms with van der Waals surface area (Å²) in [4.78, 5) is 32.0. The van der Waals surface area contributed by atoms with Crippen molar-refractivity contribution in [1.82, 2.24) is 19.6 Å². The number of nitrogens with zero attached hydrogens (tertiary/aromatic N) is 4. The van der Waals surface area contributed by atoms with E-state index in [4.69, 9.17) is 9.84 Å². The van der Waals surface area contributed by atoms with Crippen LogP contribution in [0.5, 0.6) is 5.75 Å². The molecule has 35 heavy (non-hydrogen) atoms. The van der Waals surface area contributed by atoms with E-state index in [0.717, 1.165) is 26.8 Å². The topological polar surface area (TPSA) is 67.7 Å². The first-order valence-electron chi connectivity index (χ1n) is 11.5. The quantitative estimate of drug-likeness (QED) is 0.416. The predicted octanol–water partition coefficient (Wildman–Crippen LogP) is 4.52. The molecule has 2 amide bonds. The van der Waals surface area contributed by atoms with E-state index in [9.17, 15) is 9.59 Å². The molecule has 1 saturated heterocycles. The maximum atomic E-state index is 13.7. The van der Waals surface area contributed by atoms with Gasteiger partial charge in [-0.15, -0.1) is 11.3 Å². The molecule has 0 radical (unpaired) electrons. The molecule has 0 saturated carbocycles. The highest BCUT2D eigenvalue weighted by Gasteiger charge is 2.29. The fourth-order valence-corrected chi connectivity index (χ4v) is 5.03. The number of carbonyl (C=O) groups is 2. The van der Waals surface area contributed by atoms with E-state index in [1.165, 1.54) is 11.3 Å². The van der Waals surface area contributed by atoms with Gasteiger partial charge in [0.1, 0.15) is 11.4 Å². The number of piperazine rings is 1. The Labute approximate surface area is 208 Å². The van der Waals surface area contributed by atoms with E-state index >= 15 is 0 Å². The first kappa shape index (κ1) is 22.9. The first-order valence-corrected chi connectivity index (χ1v) is 12.3. The molecule has 0 spiro atoms. The minimum atomic E-state index is -0.0860. The molecule has 5 rings (SSSR count). The second-order valence-corrected chi connectivity index (χ2v) is 9.68. The van der Waals surface area contributed by atoms with Crippen LogP contribution in [-0.4, -0.2) is 64.7 Å². The van der Waals surface area contributed by atoms with Gasteiger partial charge in [-0.2, -0.15) is 5.10 Å². The molecular weight excluding hydrogens is 460 g/mol. The van der Waals surface area contributed by atoms with E-state index in [1.807, 2.05) is 83.5 Å². The maximum absolute atomic E-state index is 13.7. The molecule has 1 aliphatic heterocycles. The Morgan fingerprint density at radius 2 is 1.51 bits per heavy atom. The number of aryl methyl sites for hydroxylation is 1. The number of benzene rings is 2. The van der Waals surface area contributed by atoms with E-state index in [2.05, 4.69) is 0 Å². The second kappa shape index (κ2) is 9.76. The average molecular weight is 487 g/mol. The molecule has 0 bridgehead atoms. The summed E-state index contributed by atoms with van der Waals surface area (Å²) >= 11 is 1.50. The average Bonchev–Trinajstić information content (AvgIpc) is 3.55. The molecule has 7 nitrogen and oxygen atoms in total.